The van der Waals surface area contributed by atoms with Crippen molar-refractivity contribution in [2.75, 3.05) is 0 Å². The van der Waals surface area contributed by atoms with Gasteiger partial charge in [0.25, 0.3) is 5.89 Å². The van der Waals surface area contributed by atoms with Crippen molar-refractivity contribution in [3.05, 3.63) is 81.9 Å². The third kappa shape index (κ3) is 4.88. The van der Waals surface area contributed by atoms with Crippen LogP contribution in [0.1, 0.15) is 47.6 Å². The second-order valence-corrected chi connectivity index (χ2v) is 10.9. The molecule has 10 heteroatoms. The van der Waals surface area contributed by atoms with Gasteiger partial charge in [0.1, 0.15) is 0 Å². The van der Waals surface area contributed by atoms with Crippen molar-refractivity contribution in [3.63, 3.8) is 0 Å². The number of carbonyl (C=O) groups is 1. The van der Waals surface area contributed by atoms with E-state index < -0.39 is 17.7 Å². The molecule has 0 radical (unpaired) electrons. The maximum atomic E-state index is 13.7. The maximum absolute atomic E-state index is 13.7. The van der Waals surface area contributed by atoms with Crippen molar-refractivity contribution < 1.29 is 27.6 Å². The fourth-order valence-electron chi connectivity index (χ4n) is 5.76. The Balaban J connectivity index is 1.21. The lowest BCUT2D eigenvalue weighted by Crippen LogP contribution is -2.45. The zero-order chi connectivity index (χ0) is 28.2. The van der Waals surface area contributed by atoms with E-state index in [4.69, 9.17) is 21.2 Å². The van der Waals surface area contributed by atoms with Gasteiger partial charge in [0.2, 0.25) is 5.82 Å². The first-order valence-corrected chi connectivity index (χ1v) is 13.4. The van der Waals surface area contributed by atoms with Crippen LogP contribution >= 0.6 is 11.6 Å². The predicted molar refractivity (Wildman–Crippen MR) is 144 cm³/mol. The number of hydrogen-bond donors (Lipinski definition) is 2. The lowest BCUT2D eigenvalue weighted by molar-refractivity contribution is -0.145. The van der Waals surface area contributed by atoms with Gasteiger partial charge < -0.3 is 14.9 Å². The first-order chi connectivity index (χ1) is 19.1. The van der Waals surface area contributed by atoms with Gasteiger partial charge in [-0.15, -0.1) is 0 Å². The third-order valence-electron chi connectivity index (χ3n) is 7.89. The van der Waals surface area contributed by atoms with Gasteiger partial charge in [-0.3, -0.25) is 4.79 Å². The summed E-state index contributed by atoms with van der Waals surface area (Å²) in [6.07, 6.45) is -1.43. The van der Waals surface area contributed by atoms with Crippen molar-refractivity contribution in [3.8, 4) is 34.0 Å². The van der Waals surface area contributed by atoms with Crippen molar-refractivity contribution in [2.24, 2.45) is 5.92 Å². The average Bonchev–Trinajstić information content (AvgIpc) is 3.52. The predicted octanol–water partition coefficient (Wildman–Crippen LogP) is 7.49. The first-order valence-electron chi connectivity index (χ1n) is 13.0. The summed E-state index contributed by atoms with van der Waals surface area (Å²) in [5.41, 5.74) is 3.99. The second-order valence-electron chi connectivity index (χ2n) is 10.5. The molecule has 0 spiro atoms. The van der Waals surface area contributed by atoms with Crippen LogP contribution in [0.15, 0.2) is 59.1 Å². The Labute approximate surface area is 233 Å². The number of carboxylic acids is 1. The number of fused-ring (bicyclic) bond motifs is 1. The van der Waals surface area contributed by atoms with Crippen LogP contribution in [0.4, 0.5) is 13.2 Å². The van der Waals surface area contributed by atoms with E-state index in [9.17, 15) is 18.0 Å². The topological polar surface area (TPSA) is 88.2 Å². The molecule has 1 unspecified atom stereocenters. The van der Waals surface area contributed by atoms with Crippen LogP contribution in [-0.4, -0.2) is 27.3 Å². The van der Waals surface area contributed by atoms with Crippen LogP contribution in [0, 0.1) is 12.8 Å². The van der Waals surface area contributed by atoms with Crippen LogP contribution < -0.4 is 5.32 Å². The fraction of sp³-hybridized carbons (Fsp3) is 0.300. The van der Waals surface area contributed by atoms with Gasteiger partial charge >= 0.3 is 12.1 Å². The summed E-state index contributed by atoms with van der Waals surface area (Å²) in [6.45, 7) is 1.73. The molecule has 0 saturated heterocycles. The lowest BCUT2D eigenvalue weighted by Gasteiger charge is -2.35. The highest BCUT2D eigenvalue weighted by molar-refractivity contribution is 6.31. The Kier molecular flexibility index (Phi) is 6.67. The van der Waals surface area contributed by atoms with E-state index in [1.807, 2.05) is 6.07 Å². The SMILES string of the molecule is Cc1cc(-c2nc(-c3ccc4c(c3)CCC4NC3CC(C(=O)O)C3)no2)ccc1-c1cccc(Cl)c1C(F)(F)F. The highest BCUT2D eigenvalue weighted by Crippen LogP contribution is 2.43. The van der Waals surface area contributed by atoms with Gasteiger partial charge in [-0.1, -0.05) is 47.1 Å². The quantitative estimate of drug-likeness (QED) is 0.251. The molecule has 4 aromatic rings. The second kappa shape index (κ2) is 10.1. The molecule has 40 heavy (non-hydrogen) atoms. The van der Waals surface area contributed by atoms with Crippen LogP contribution in [0.3, 0.4) is 0 Å². The number of aliphatic carboxylic acids is 1. The summed E-state index contributed by atoms with van der Waals surface area (Å²) < 4.78 is 46.7. The summed E-state index contributed by atoms with van der Waals surface area (Å²) in [4.78, 5) is 15.6. The van der Waals surface area contributed by atoms with Gasteiger partial charge in [0.05, 0.1) is 16.5 Å². The van der Waals surface area contributed by atoms with E-state index in [0.717, 1.165) is 18.4 Å². The van der Waals surface area contributed by atoms with E-state index in [-0.39, 0.29) is 34.5 Å². The summed E-state index contributed by atoms with van der Waals surface area (Å²) >= 11 is 5.92. The molecule has 2 aliphatic rings. The first kappa shape index (κ1) is 26.5. The van der Waals surface area contributed by atoms with Gasteiger partial charge in [-0.05, 0) is 84.7 Å². The zero-order valence-electron chi connectivity index (χ0n) is 21.4. The summed E-state index contributed by atoms with van der Waals surface area (Å²) in [6, 6.07) is 15.6. The molecule has 1 heterocycles. The molecule has 206 valence electrons. The Hall–Kier alpha value is -3.69. The number of benzene rings is 3. The normalized spacial score (nSPS) is 20.3. The van der Waals surface area contributed by atoms with Crippen LogP contribution in [0.5, 0.6) is 0 Å². The van der Waals surface area contributed by atoms with Gasteiger partial charge in [-0.25, -0.2) is 0 Å². The molecule has 2 aliphatic carbocycles. The number of nitrogens with one attached hydrogen (secondary N) is 1. The summed E-state index contributed by atoms with van der Waals surface area (Å²) in [7, 11) is 0. The van der Waals surface area contributed by atoms with Crippen molar-refractivity contribution in [1.82, 2.24) is 15.5 Å². The van der Waals surface area contributed by atoms with Gasteiger partial charge in [0.15, 0.2) is 0 Å². The number of nitrogens with zero attached hydrogens (tertiary/aromatic N) is 2. The molecular weight excluding hydrogens is 543 g/mol. The molecule has 3 aromatic carbocycles. The smallest absolute Gasteiger partial charge is 0.418 e. The van der Waals surface area contributed by atoms with E-state index >= 15 is 0 Å². The summed E-state index contributed by atoms with van der Waals surface area (Å²) in [5, 5.41) is 16.5. The Morgan fingerprint density at radius 3 is 2.58 bits per heavy atom. The lowest BCUT2D eigenvalue weighted by atomic mass is 9.80. The van der Waals surface area contributed by atoms with Crippen molar-refractivity contribution >= 4 is 17.6 Å². The number of rotatable bonds is 6. The molecule has 6 nitrogen and oxygen atoms in total. The summed E-state index contributed by atoms with van der Waals surface area (Å²) in [5.74, 6) is -0.280. The van der Waals surface area contributed by atoms with E-state index in [2.05, 4.69) is 27.6 Å². The molecule has 1 atom stereocenters. The fourth-order valence-corrected chi connectivity index (χ4v) is 6.05. The molecule has 1 aromatic heterocycles. The van der Waals surface area contributed by atoms with Crippen LogP contribution in [0.25, 0.3) is 34.0 Å². The maximum Gasteiger partial charge on any atom is 0.418 e. The highest BCUT2D eigenvalue weighted by atomic mass is 35.5. The van der Waals surface area contributed by atoms with Crippen LogP contribution in [-0.2, 0) is 17.4 Å². The molecule has 0 aliphatic heterocycles. The average molecular weight is 568 g/mol. The molecule has 0 amide bonds. The minimum Gasteiger partial charge on any atom is -0.481 e. The minimum atomic E-state index is -4.59. The van der Waals surface area contributed by atoms with E-state index in [1.54, 1.807) is 25.1 Å². The van der Waals surface area contributed by atoms with E-state index in [0.29, 0.717) is 35.4 Å². The third-order valence-corrected chi connectivity index (χ3v) is 8.20. The van der Waals surface area contributed by atoms with Gasteiger partial charge in [-0.2, -0.15) is 18.2 Å². The largest absolute Gasteiger partial charge is 0.481 e. The molecule has 2 N–H and O–H groups in total. The Bertz CT molecular complexity index is 1610. The van der Waals surface area contributed by atoms with E-state index in [1.165, 1.54) is 29.3 Å². The van der Waals surface area contributed by atoms with Crippen molar-refractivity contribution in [1.29, 1.82) is 0 Å². The number of hydrogen-bond acceptors (Lipinski definition) is 5. The zero-order valence-corrected chi connectivity index (χ0v) is 22.2. The Morgan fingerprint density at radius 1 is 1.07 bits per heavy atom. The molecule has 1 fully saturated rings. The molecular formula is C30H25ClF3N3O3. The highest BCUT2D eigenvalue weighted by Gasteiger charge is 2.37. The molecule has 1 saturated carbocycles. The number of halogens is 4. The number of alkyl halides is 3. The van der Waals surface area contributed by atoms with Gasteiger partial charge in [0, 0.05) is 23.2 Å². The minimum absolute atomic E-state index is 0.0141. The van der Waals surface area contributed by atoms with Crippen LogP contribution in [0.2, 0.25) is 5.02 Å². The van der Waals surface area contributed by atoms with Crippen molar-refractivity contribution in [2.45, 2.75) is 50.9 Å². The Morgan fingerprint density at radius 2 is 1.85 bits per heavy atom. The monoisotopic (exact) mass is 567 g/mol. The number of aryl methyl sites for hydroxylation is 2. The molecule has 0 bridgehead atoms. The standard InChI is InChI=1S/C30H25ClF3N3O3/c1-15-11-18(6-8-21(15)23-3-2-4-24(31)26(23)30(32,33)34)28-36-27(37-40-28)17-5-9-22-16(12-17)7-10-25(22)35-20-13-19(14-20)29(38)39/h2-6,8-9,11-12,19-20,25,35H,7,10,13-14H2,1H3,(H,38,39). The molecule has 6 rings (SSSR count). The number of carboxylic acid groups (broad SMARTS) is 1. The number of aromatic nitrogens is 2.